The topological polar surface area (TPSA) is 69.2 Å². The first-order valence-electron chi connectivity index (χ1n) is 10.5. The molecule has 2 aromatic rings. The number of halogens is 1. The number of amides is 1. The summed E-state index contributed by atoms with van der Waals surface area (Å²) in [5.74, 6) is 1.24. The van der Waals surface area contributed by atoms with Crippen molar-refractivity contribution in [1.82, 2.24) is 15.5 Å². The van der Waals surface area contributed by atoms with E-state index >= 15 is 0 Å². The highest BCUT2D eigenvalue weighted by Crippen LogP contribution is 2.28. The summed E-state index contributed by atoms with van der Waals surface area (Å²) in [5.41, 5.74) is 1.77. The van der Waals surface area contributed by atoms with Crippen molar-refractivity contribution in [3.63, 3.8) is 0 Å². The Labute approximate surface area is 182 Å². The number of aliphatic imine (C=N–C) groups is 1. The van der Waals surface area contributed by atoms with Gasteiger partial charge in [-0.25, -0.2) is 4.39 Å². The first-order chi connectivity index (χ1) is 15.1. The quantitative estimate of drug-likeness (QED) is 0.401. The molecule has 0 unspecified atom stereocenters. The van der Waals surface area contributed by atoms with Gasteiger partial charge in [-0.3, -0.25) is 9.79 Å². The van der Waals surface area contributed by atoms with E-state index in [1.165, 1.54) is 12.1 Å². The third kappa shape index (κ3) is 6.34. The molecule has 0 saturated carbocycles. The minimum Gasteiger partial charge on any atom is -0.495 e. The normalized spacial score (nSPS) is 14.4. The second-order valence-corrected chi connectivity index (χ2v) is 7.28. The highest BCUT2D eigenvalue weighted by atomic mass is 19.1. The number of nitrogens with one attached hydrogen (secondary N) is 2. The number of piperazine rings is 1. The number of anilines is 1. The highest BCUT2D eigenvalue weighted by Gasteiger charge is 2.21. The minimum atomic E-state index is -0.332. The molecule has 1 aliphatic heterocycles. The van der Waals surface area contributed by atoms with Crippen LogP contribution in [0.4, 0.5) is 10.1 Å². The van der Waals surface area contributed by atoms with Crippen LogP contribution < -0.4 is 20.3 Å². The molecule has 0 aliphatic carbocycles. The summed E-state index contributed by atoms with van der Waals surface area (Å²) in [4.78, 5) is 20.9. The molecule has 0 aromatic heterocycles. The van der Waals surface area contributed by atoms with Crippen LogP contribution in [0.15, 0.2) is 53.5 Å². The van der Waals surface area contributed by atoms with Gasteiger partial charge in [0, 0.05) is 46.3 Å². The van der Waals surface area contributed by atoms with Crippen LogP contribution in [-0.4, -0.2) is 70.2 Å². The maximum absolute atomic E-state index is 13.2. The Bertz CT molecular complexity index is 897. The number of methoxy groups -OCH3 is 1. The van der Waals surface area contributed by atoms with E-state index in [1.54, 1.807) is 26.3 Å². The molecule has 1 fully saturated rings. The van der Waals surface area contributed by atoms with E-state index in [0.717, 1.165) is 43.6 Å². The van der Waals surface area contributed by atoms with Crippen molar-refractivity contribution >= 4 is 17.6 Å². The van der Waals surface area contributed by atoms with Gasteiger partial charge in [0.25, 0.3) is 0 Å². The first-order valence-corrected chi connectivity index (χ1v) is 10.5. The fraction of sp³-hybridized carbons (Fsp3) is 0.391. The molecular weight excluding hydrogens is 397 g/mol. The number of carbonyl (C=O) groups is 1. The van der Waals surface area contributed by atoms with Gasteiger partial charge >= 0.3 is 0 Å². The van der Waals surface area contributed by atoms with Gasteiger partial charge in [0.05, 0.1) is 19.2 Å². The number of benzene rings is 2. The molecule has 0 spiro atoms. The molecule has 0 atom stereocenters. The zero-order valence-corrected chi connectivity index (χ0v) is 18.1. The van der Waals surface area contributed by atoms with Crippen molar-refractivity contribution in [2.24, 2.45) is 4.99 Å². The Morgan fingerprint density at radius 3 is 2.52 bits per heavy atom. The molecule has 1 saturated heterocycles. The Morgan fingerprint density at radius 2 is 1.81 bits per heavy atom. The molecule has 1 aliphatic rings. The standard InChI is InChI=1S/C23H30FN5O2/c1-25-23(27-11-10-26-22(30)17-18-6-5-7-19(24)16-18)29-14-12-28(13-15-29)20-8-3-4-9-21(20)31-2/h3-9,16H,10-15,17H2,1-2H3,(H,25,27)(H,26,30). The number of guanidine groups is 1. The molecule has 0 bridgehead atoms. The largest absolute Gasteiger partial charge is 0.495 e. The van der Waals surface area contributed by atoms with Crippen molar-refractivity contribution in [3.8, 4) is 5.75 Å². The maximum atomic E-state index is 13.2. The van der Waals surface area contributed by atoms with E-state index < -0.39 is 0 Å². The van der Waals surface area contributed by atoms with Gasteiger partial charge in [0.1, 0.15) is 11.6 Å². The van der Waals surface area contributed by atoms with E-state index in [2.05, 4.69) is 31.5 Å². The number of carbonyl (C=O) groups excluding carboxylic acids is 1. The smallest absolute Gasteiger partial charge is 0.224 e. The summed E-state index contributed by atoms with van der Waals surface area (Å²) in [6.07, 6.45) is 0.164. The molecule has 1 amide bonds. The van der Waals surface area contributed by atoms with Crippen LogP contribution >= 0.6 is 0 Å². The van der Waals surface area contributed by atoms with Gasteiger partial charge in [0.15, 0.2) is 5.96 Å². The maximum Gasteiger partial charge on any atom is 0.224 e. The number of nitrogens with zero attached hydrogens (tertiary/aromatic N) is 3. The average Bonchev–Trinajstić information content (AvgIpc) is 2.79. The number of rotatable bonds is 7. The lowest BCUT2D eigenvalue weighted by atomic mass is 10.1. The summed E-state index contributed by atoms with van der Waals surface area (Å²) < 4.78 is 18.7. The van der Waals surface area contributed by atoms with E-state index in [0.29, 0.717) is 18.7 Å². The fourth-order valence-electron chi connectivity index (χ4n) is 3.65. The number of ether oxygens (including phenoxy) is 1. The van der Waals surface area contributed by atoms with E-state index in [4.69, 9.17) is 4.74 Å². The lowest BCUT2D eigenvalue weighted by molar-refractivity contribution is -0.120. The summed E-state index contributed by atoms with van der Waals surface area (Å²) >= 11 is 0. The molecule has 166 valence electrons. The summed E-state index contributed by atoms with van der Waals surface area (Å²) in [7, 11) is 3.45. The number of para-hydroxylation sites is 2. The van der Waals surface area contributed by atoms with Crippen LogP contribution in [0, 0.1) is 5.82 Å². The molecule has 31 heavy (non-hydrogen) atoms. The van der Waals surface area contributed by atoms with Gasteiger partial charge in [-0.1, -0.05) is 24.3 Å². The van der Waals surface area contributed by atoms with Gasteiger partial charge in [-0.2, -0.15) is 0 Å². The predicted octanol–water partition coefficient (Wildman–Crippen LogP) is 1.89. The van der Waals surface area contributed by atoms with Gasteiger partial charge < -0.3 is 25.2 Å². The molecule has 8 heteroatoms. The monoisotopic (exact) mass is 427 g/mol. The average molecular weight is 428 g/mol. The molecular formula is C23H30FN5O2. The molecule has 1 heterocycles. The van der Waals surface area contributed by atoms with Gasteiger partial charge in [-0.05, 0) is 29.8 Å². The lowest BCUT2D eigenvalue weighted by Crippen LogP contribution is -2.53. The second kappa shape index (κ2) is 11.2. The van der Waals surface area contributed by atoms with Gasteiger partial charge in [0.2, 0.25) is 5.91 Å². The molecule has 2 aromatic carbocycles. The summed E-state index contributed by atoms with van der Waals surface area (Å²) in [6.45, 7) is 4.44. The Balaban J connectivity index is 1.40. The fourth-order valence-corrected chi connectivity index (χ4v) is 3.65. The van der Waals surface area contributed by atoms with Crippen molar-refractivity contribution < 1.29 is 13.9 Å². The van der Waals surface area contributed by atoms with Crippen LogP contribution in [0.5, 0.6) is 5.75 Å². The lowest BCUT2D eigenvalue weighted by Gasteiger charge is -2.38. The molecule has 0 radical (unpaired) electrons. The van der Waals surface area contributed by atoms with Crippen LogP contribution in [0.3, 0.4) is 0 Å². The Morgan fingerprint density at radius 1 is 1.06 bits per heavy atom. The summed E-state index contributed by atoms with van der Waals surface area (Å²) in [5, 5.41) is 6.16. The third-order valence-corrected chi connectivity index (χ3v) is 5.20. The van der Waals surface area contributed by atoms with Crippen molar-refractivity contribution in [2.75, 3.05) is 58.3 Å². The van der Waals surface area contributed by atoms with Crippen molar-refractivity contribution in [2.45, 2.75) is 6.42 Å². The van der Waals surface area contributed by atoms with Crippen LogP contribution in [0.2, 0.25) is 0 Å². The van der Waals surface area contributed by atoms with E-state index in [1.807, 2.05) is 18.2 Å². The second-order valence-electron chi connectivity index (χ2n) is 7.28. The predicted molar refractivity (Wildman–Crippen MR) is 121 cm³/mol. The van der Waals surface area contributed by atoms with Crippen LogP contribution in [-0.2, 0) is 11.2 Å². The van der Waals surface area contributed by atoms with E-state index in [-0.39, 0.29) is 18.1 Å². The minimum absolute atomic E-state index is 0.132. The zero-order valence-electron chi connectivity index (χ0n) is 18.1. The van der Waals surface area contributed by atoms with Crippen molar-refractivity contribution in [3.05, 3.63) is 59.9 Å². The van der Waals surface area contributed by atoms with Crippen molar-refractivity contribution in [1.29, 1.82) is 0 Å². The van der Waals surface area contributed by atoms with E-state index in [9.17, 15) is 9.18 Å². The number of hydrogen-bond acceptors (Lipinski definition) is 4. The Kier molecular flexibility index (Phi) is 8.09. The zero-order chi connectivity index (χ0) is 22.1. The number of hydrogen-bond donors (Lipinski definition) is 2. The third-order valence-electron chi connectivity index (χ3n) is 5.20. The molecule has 2 N–H and O–H groups in total. The SMILES string of the molecule is CN=C(NCCNC(=O)Cc1cccc(F)c1)N1CCN(c2ccccc2OC)CC1. The van der Waals surface area contributed by atoms with Crippen LogP contribution in [0.25, 0.3) is 0 Å². The first kappa shape index (κ1) is 22.4. The highest BCUT2D eigenvalue weighted by molar-refractivity contribution is 5.81. The van der Waals surface area contributed by atoms with Gasteiger partial charge in [-0.15, -0.1) is 0 Å². The molecule has 3 rings (SSSR count). The molecule has 7 nitrogen and oxygen atoms in total. The van der Waals surface area contributed by atoms with Crippen LogP contribution in [0.1, 0.15) is 5.56 Å². The Hall–Kier alpha value is -3.29. The summed E-state index contributed by atoms with van der Waals surface area (Å²) in [6, 6.07) is 14.1.